The van der Waals surface area contributed by atoms with Crippen LogP contribution in [-0.2, 0) is 9.59 Å². The first-order valence-electron chi connectivity index (χ1n) is 6.57. The molecule has 1 aromatic rings. The second-order valence-corrected chi connectivity index (χ2v) is 4.93. The summed E-state index contributed by atoms with van der Waals surface area (Å²) in [4.78, 5) is 35.2. The van der Waals surface area contributed by atoms with Crippen molar-refractivity contribution in [1.29, 1.82) is 0 Å². The van der Waals surface area contributed by atoms with E-state index in [9.17, 15) is 14.4 Å². The molecular formula is C15H16N2O4. The zero-order valence-electron chi connectivity index (χ0n) is 11.4. The lowest BCUT2D eigenvalue weighted by Crippen LogP contribution is -2.28. The van der Waals surface area contributed by atoms with E-state index in [2.05, 4.69) is 0 Å². The van der Waals surface area contributed by atoms with Gasteiger partial charge in [-0.15, -0.1) is 0 Å². The molecule has 1 atom stereocenters. The minimum Gasteiger partial charge on any atom is -0.481 e. The summed E-state index contributed by atoms with van der Waals surface area (Å²) in [6, 6.07) is 6.55. The van der Waals surface area contributed by atoms with E-state index in [1.807, 2.05) is 0 Å². The van der Waals surface area contributed by atoms with E-state index in [1.54, 1.807) is 30.3 Å². The highest BCUT2D eigenvalue weighted by molar-refractivity contribution is 5.94. The predicted molar refractivity (Wildman–Crippen MR) is 76.3 cm³/mol. The zero-order chi connectivity index (χ0) is 15.4. The molecule has 2 rings (SSSR count). The maximum absolute atomic E-state index is 11.9. The minimum absolute atomic E-state index is 0.210. The average molecular weight is 288 g/mol. The Morgan fingerprint density at radius 2 is 1.90 bits per heavy atom. The maximum Gasteiger partial charge on any atom is 0.308 e. The molecule has 1 saturated heterocycles. The van der Waals surface area contributed by atoms with Crippen LogP contribution in [-0.4, -0.2) is 40.9 Å². The fourth-order valence-corrected chi connectivity index (χ4v) is 2.19. The lowest BCUT2D eigenvalue weighted by Gasteiger charge is -2.12. The van der Waals surface area contributed by atoms with E-state index < -0.39 is 17.8 Å². The molecule has 0 aromatic heterocycles. The molecule has 0 spiro atoms. The number of hydrogen-bond donors (Lipinski definition) is 2. The molecule has 0 saturated carbocycles. The van der Waals surface area contributed by atoms with Crippen molar-refractivity contribution < 1.29 is 19.5 Å². The van der Waals surface area contributed by atoms with E-state index in [-0.39, 0.29) is 12.5 Å². The van der Waals surface area contributed by atoms with Crippen molar-refractivity contribution in [3.8, 4) is 0 Å². The number of benzene rings is 1. The van der Waals surface area contributed by atoms with Gasteiger partial charge in [0.1, 0.15) is 0 Å². The summed E-state index contributed by atoms with van der Waals surface area (Å²) in [7, 11) is 0. The summed E-state index contributed by atoms with van der Waals surface area (Å²) in [6.45, 7) is 0.708. The Bertz CT molecular complexity index is 592. The Labute approximate surface area is 121 Å². The van der Waals surface area contributed by atoms with Crippen LogP contribution in [0.5, 0.6) is 0 Å². The number of nitrogens with two attached hydrogens (primary N) is 1. The number of carbonyl (C=O) groups is 3. The quantitative estimate of drug-likeness (QED) is 0.797. The molecule has 6 heteroatoms. The summed E-state index contributed by atoms with van der Waals surface area (Å²) < 4.78 is 0. The molecule has 1 aromatic carbocycles. The topological polar surface area (TPSA) is 101 Å². The summed E-state index contributed by atoms with van der Waals surface area (Å²) in [5, 5.41) is 8.90. The highest BCUT2D eigenvalue weighted by atomic mass is 16.4. The van der Waals surface area contributed by atoms with Crippen molar-refractivity contribution in [2.45, 2.75) is 6.42 Å². The van der Waals surface area contributed by atoms with Crippen LogP contribution >= 0.6 is 0 Å². The van der Waals surface area contributed by atoms with Gasteiger partial charge >= 0.3 is 5.97 Å². The summed E-state index contributed by atoms with van der Waals surface area (Å²) in [5.41, 5.74) is 6.31. The van der Waals surface area contributed by atoms with E-state index >= 15 is 0 Å². The smallest absolute Gasteiger partial charge is 0.308 e. The highest BCUT2D eigenvalue weighted by Crippen LogP contribution is 2.17. The van der Waals surface area contributed by atoms with Crippen molar-refractivity contribution in [2.75, 3.05) is 13.1 Å². The molecule has 21 heavy (non-hydrogen) atoms. The lowest BCUT2D eigenvalue weighted by atomic mass is 10.1. The first-order valence-corrected chi connectivity index (χ1v) is 6.57. The van der Waals surface area contributed by atoms with Crippen LogP contribution in [0.25, 0.3) is 6.08 Å². The molecular weight excluding hydrogens is 272 g/mol. The average Bonchev–Trinajstić information content (AvgIpc) is 2.95. The number of likely N-dealkylation sites (tertiary alicyclic amines) is 1. The Morgan fingerprint density at radius 3 is 2.43 bits per heavy atom. The maximum atomic E-state index is 11.9. The van der Waals surface area contributed by atoms with Gasteiger partial charge < -0.3 is 15.7 Å². The van der Waals surface area contributed by atoms with Crippen LogP contribution in [0.2, 0.25) is 0 Å². The van der Waals surface area contributed by atoms with Gasteiger partial charge in [0, 0.05) is 24.7 Å². The van der Waals surface area contributed by atoms with E-state index in [1.165, 1.54) is 11.0 Å². The van der Waals surface area contributed by atoms with E-state index in [0.717, 1.165) is 5.56 Å². The van der Waals surface area contributed by atoms with E-state index in [4.69, 9.17) is 10.8 Å². The highest BCUT2D eigenvalue weighted by Gasteiger charge is 2.29. The third-order valence-electron chi connectivity index (χ3n) is 3.46. The van der Waals surface area contributed by atoms with Crippen LogP contribution in [0.3, 0.4) is 0 Å². The third-order valence-corrected chi connectivity index (χ3v) is 3.46. The molecule has 1 heterocycles. The molecule has 110 valence electrons. The van der Waals surface area contributed by atoms with Gasteiger partial charge in [0.05, 0.1) is 5.92 Å². The fraction of sp³-hybridized carbons (Fsp3) is 0.267. The first-order chi connectivity index (χ1) is 9.97. The Balaban J connectivity index is 1.96. The first kappa shape index (κ1) is 14.8. The normalized spacial score (nSPS) is 18.1. The molecule has 0 radical (unpaired) electrons. The van der Waals surface area contributed by atoms with Crippen molar-refractivity contribution in [3.63, 3.8) is 0 Å². The van der Waals surface area contributed by atoms with Gasteiger partial charge in [0.15, 0.2) is 0 Å². The Morgan fingerprint density at radius 1 is 1.24 bits per heavy atom. The predicted octanol–water partition coefficient (Wildman–Crippen LogP) is 0.732. The number of hydrogen-bond acceptors (Lipinski definition) is 3. The molecule has 3 N–H and O–H groups in total. The van der Waals surface area contributed by atoms with Gasteiger partial charge in [-0.2, -0.15) is 0 Å². The van der Waals surface area contributed by atoms with Gasteiger partial charge in [-0.1, -0.05) is 12.1 Å². The van der Waals surface area contributed by atoms with Crippen LogP contribution < -0.4 is 5.73 Å². The summed E-state index contributed by atoms with van der Waals surface area (Å²) in [5.74, 6) is -2.05. The van der Waals surface area contributed by atoms with Crippen LogP contribution in [0, 0.1) is 5.92 Å². The lowest BCUT2D eigenvalue weighted by molar-refractivity contribution is -0.141. The number of rotatable bonds is 4. The Kier molecular flexibility index (Phi) is 4.37. The molecule has 6 nitrogen and oxygen atoms in total. The molecule has 1 aliphatic heterocycles. The zero-order valence-corrected chi connectivity index (χ0v) is 11.4. The second-order valence-electron chi connectivity index (χ2n) is 4.93. The summed E-state index contributed by atoms with van der Waals surface area (Å²) >= 11 is 0. The van der Waals surface area contributed by atoms with Gasteiger partial charge in [0.25, 0.3) is 0 Å². The van der Waals surface area contributed by atoms with E-state index in [0.29, 0.717) is 18.5 Å². The molecule has 0 bridgehead atoms. The largest absolute Gasteiger partial charge is 0.481 e. The standard InChI is InChI=1S/C15H16N2O4/c16-14(19)11-4-1-10(2-5-11)3-6-13(18)17-8-7-12(9-17)15(20)21/h1-6,12H,7-9H2,(H2,16,19)(H,20,21). The number of carboxylic acids is 1. The molecule has 1 fully saturated rings. The number of aliphatic carboxylic acids is 1. The SMILES string of the molecule is NC(=O)c1ccc(C=CC(=O)N2CCC(C(=O)O)C2)cc1. The van der Waals surface area contributed by atoms with Crippen molar-refractivity contribution in [1.82, 2.24) is 4.90 Å². The minimum atomic E-state index is -0.865. The van der Waals surface area contributed by atoms with Crippen molar-refractivity contribution >= 4 is 23.9 Å². The summed E-state index contributed by atoms with van der Waals surface area (Å²) in [6.07, 6.45) is 3.52. The van der Waals surface area contributed by atoms with Crippen molar-refractivity contribution in [2.24, 2.45) is 11.7 Å². The van der Waals surface area contributed by atoms with Gasteiger partial charge in [-0.05, 0) is 30.2 Å². The van der Waals surface area contributed by atoms with Crippen LogP contribution in [0.15, 0.2) is 30.3 Å². The third kappa shape index (κ3) is 3.68. The molecule has 1 aliphatic rings. The molecule has 2 amide bonds. The number of nitrogens with zero attached hydrogens (tertiary/aromatic N) is 1. The second kappa shape index (κ2) is 6.21. The van der Waals surface area contributed by atoms with Crippen LogP contribution in [0.1, 0.15) is 22.3 Å². The monoisotopic (exact) mass is 288 g/mol. The number of amides is 2. The number of carboxylic acid groups (broad SMARTS) is 1. The van der Waals surface area contributed by atoms with Gasteiger partial charge in [0.2, 0.25) is 11.8 Å². The number of primary amides is 1. The van der Waals surface area contributed by atoms with Crippen molar-refractivity contribution in [3.05, 3.63) is 41.5 Å². The van der Waals surface area contributed by atoms with Crippen LogP contribution in [0.4, 0.5) is 0 Å². The van der Waals surface area contributed by atoms with Gasteiger partial charge in [-0.25, -0.2) is 0 Å². The fourth-order valence-electron chi connectivity index (χ4n) is 2.19. The Hall–Kier alpha value is -2.63. The number of carbonyl (C=O) groups excluding carboxylic acids is 2. The van der Waals surface area contributed by atoms with Gasteiger partial charge in [-0.3, -0.25) is 14.4 Å². The molecule has 0 aliphatic carbocycles. The molecule has 1 unspecified atom stereocenters.